The maximum atomic E-state index is 13.1. The summed E-state index contributed by atoms with van der Waals surface area (Å²) in [7, 11) is 1.75. The molecule has 1 aliphatic heterocycles. The predicted octanol–water partition coefficient (Wildman–Crippen LogP) is 1.38. The molecule has 1 aromatic carbocycles. The van der Waals surface area contributed by atoms with Gasteiger partial charge in [-0.05, 0) is 49.0 Å². The van der Waals surface area contributed by atoms with Gasteiger partial charge in [0.25, 0.3) is 0 Å². The Balaban J connectivity index is 1.56. The van der Waals surface area contributed by atoms with Crippen molar-refractivity contribution in [1.29, 1.82) is 0 Å². The lowest BCUT2D eigenvalue weighted by atomic mass is 10.2. The Kier molecular flexibility index (Phi) is 6.01. The number of hydrogen-bond acceptors (Lipinski definition) is 5. The van der Waals surface area contributed by atoms with E-state index in [9.17, 15) is 9.18 Å². The van der Waals surface area contributed by atoms with Crippen LogP contribution in [0.2, 0.25) is 0 Å². The molecule has 0 atom stereocenters. The maximum Gasteiger partial charge on any atom is 0.234 e. The molecule has 1 saturated heterocycles. The summed E-state index contributed by atoms with van der Waals surface area (Å²) in [6.07, 6.45) is 1.78. The number of piperazine rings is 1. The van der Waals surface area contributed by atoms with E-state index in [4.69, 9.17) is 0 Å². The van der Waals surface area contributed by atoms with Gasteiger partial charge in [-0.15, -0.1) is 0 Å². The highest BCUT2D eigenvalue weighted by Gasteiger charge is 2.18. The van der Waals surface area contributed by atoms with Gasteiger partial charge in [0, 0.05) is 44.6 Å². The lowest BCUT2D eigenvalue weighted by Gasteiger charge is -2.36. The first-order valence-corrected chi connectivity index (χ1v) is 8.77. The molecule has 3 rings (SSSR count). The number of rotatable bonds is 6. The molecule has 26 heavy (non-hydrogen) atoms. The number of benzene rings is 1. The Morgan fingerprint density at radius 3 is 2.50 bits per heavy atom. The SMILES string of the molecule is CNCC(=O)NCc1ccnc(N2CCN(c3ccc(F)cc3)CC2)c1. The fourth-order valence-corrected chi connectivity index (χ4v) is 3.01. The van der Waals surface area contributed by atoms with E-state index in [-0.39, 0.29) is 11.7 Å². The van der Waals surface area contributed by atoms with Gasteiger partial charge >= 0.3 is 0 Å². The second kappa shape index (κ2) is 8.62. The largest absolute Gasteiger partial charge is 0.368 e. The second-order valence-corrected chi connectivity index (χ2v) is 6.28. The number of halogens is 1. The van der Waals surface area contributed by atoms with E-state index in [2.05, 4.69) is 25.4 Å². The molecule has 0 bridgehead atoms. The van der Waals surface area contributed by atoms with Crippen molar-refractivity contribution in [2.75, 3.05) is 49.6 Å². The zero-order valence-corrected chi connectivity index (χ0v) is 14.9. The second-order valence-electron chi connectivity index (χ2n) is 6.28. The number of amides is 1. The average molecular weight is 357 g/mol. The van der Waals surface area contributed by atoms with Crippen molar-refractivity contribution in [3.8, 4) is 0 Å². The summed E-state index contributed by atoms with van der Waals surface area (Å²) in [6, 6.07) is 10.6. The monoisotopic (exact) mass is 357 g/mol. The summed E-state index contributed by atoms with van der Waals surface area (Å²) in [5.41, 5.74) is 2.07. The molecule has 0 aliphatic carbocycles. The fourth-order valence-electron chi connectivity index (χ4n) is 3.01. The van der Waals surface area contributed by atoms with Gasteiger partial charge in [0.15, 0.2) is 0 Å². The lowest BCUT2D eigenvalue weighted by Crippen LogP contribution is -2.46. The van der Waals surface area contributed by atoms with Crippen molar-refractivity contribution in [1.82, 2.24) is 15.6 Å². The highest BCUT2D eigenvalue weighted by atomic mass is 19.1. The Morgan fingerprint density at radius 2 is 1.81 bits per heavy atom. The Morgan fingerprint density at radius 1 is 1.12 bits per heavy atom. The van der Waals surface area contributed by atoms with Crippen molar-refractivity contribution in [2.45, 2.75) is 6.54 Å². The number of hydrogen-bond donors (Lipinski definition) is 2. The number of pyridine rings is 1. The van der Waals surface area contributed by atoms with Crippen LogP contribution in [0, 0.1) is 5.82 Å². The first-order chi connectivity index (χ1) is 12.7. The summed E-state index contributed by atoms with van der Waals surface area (Å²) < 4.78 is 13.1. The Bertz CT molecular complexity index is 729. The quantitative estimate of drug-likeness (QED) is 0.818. The molecule has 2 N–H and O–H groups in total. The van der Waals surface area contributed by atoms with Gasteiger partial charge in [-0.2, -0.15) is 0 Å². The van der Waals surface area contributed by atoms with E-state index in [1.54, 1.807) is 13.2 Å². The van der Waals surface area contributed by atoms with Crippen LogP contribution in [-0.2, 0) is 11.3 Å². The third-order valence-electron chi connectivity index (χ3n) is 4.43. The van der Waals surface area contributed by atoms with E-state index in [1.807, 2.05) is 24.3 Å². The third-order valence-corrected chi connectivity index (χ3v) is 4.43. The topological polar surface area (TPSA) is 60.5 Å². The number of nitrogens with one attached hydrogen (secondary N) is 2. The summed E-state index contributed by atoms with van der Waals surface area (Å²) in [4.78, 5) is 20.5. The molecule has 2 heterocycles. The van der Waals surface area contributed by atoms with Gasteiger partial charge in [-0.1, -0.05) is 0 Å². The van der Waals surface area contributed by atoms with Crippen molar-refractivity contribution in [3.63, 3.8) is 0 Å². The molecular formula is C19H24FN5O. The molecular weight excluding hydrogens is 333 g/mol. The fraction of sp³-hybridized carbons (Fsp3) is 0.368. The minimum Gasteiger partial charge on any atom is -0.368 e. The molecule has 0 unspecified atom stereocenters. The summed E-state index contributed by atoms with van der Waals surface area (Å²) >= 11 is 0. The van der Waals surface area contributed by atoms with Crippen LogP contribution in [0.5, 0.6) is 0 Å². The number of aromatic nitrogens is 1. The predicted molar refractivity (Wildman–Crippen MR) is 101 cm³/mol. The van der Waals surface area contributed by atoms with Crippen LogP contribution in [0.1, 0.15) is 5.56 Å². The van der Waals surface area contributed by atoms with Gasteiger partial charge < -0.3 is 20.4 Å². The number of carbonyl (C=O) groups is 1. The molecule has 1 aliphatic rings. The number of nitrogens with zero attached hydrogens (tertiary/aromatic N) is 3. The van der Waals surface area contributed by atoms with E-state index >= 15 is 0 Å². The summed E-state index contributed by atoms with van der Waals surface area (Å²) in [5.74, 6) is 0.679. The average Bonchev–Trinajstić information content (AvgIpc) is 2.68. The van der Waals surface area contributed by atoms with Gasteiger partial charge in [-0.3, -0.25) is 4.79 Å². The van der Waals surface area contributed by atoms with Gasteiger partial charge in [0.2, 0.25) is 5.91 Å². The van der Waals surface area contributed by atoms with Crippen LogP contribution in [0.15, 0.2) is 42.6 Å². The van der Waals surface area contributed by atoms with E-state index < -0.39 is 0 Å². The van der Waals surface area contributed by atoms with Crippen molar-refractivity contribution < 1.29 is 9.18 Å². The molecule has 0 saturated carbocycles. The minimum absolute atomic E-state index is 0.0289. The summed E-state index contributed by atoms with van der Waals surface area (Å²) in [6.45, 7) is 4.21. The molecule has 7 heteroatoms. The molecule has 1 amide bonds. The molecule has 1 aromatic heterocycles. The van der Waals surface area contributed by atoms with Crippen LogP contribution in [0.4, 0.5) is 15.9 Å². The van der Waals surface area contributed by atoms with Crippen LogP contribution in [0.3, 0.4) is 0 Å². The first-order valence-electron chi connectivity index (χ1n) is 8.77. The van der Waals surface area contributed by atoms with Crippen LogP contribution in [-0.4, -0.2) is 50.7 Å². The van der Waals surface area contributed by atoms with Crippen molar-refractivity contribution in [3.05, 3.63) is 54.0 Å². The van der Waals surface area contributed by atoms with Gasteiger partial charge in [-0.25, -0.2) is 9.37 Å². The van der Waals surface area contributed by atoms with Crippen LogP contribution >= 0.6 is 0 Å². The first kappa shape index (κ1) is 18.1. The molecule has 1 fully saturated rings. The van der Waals surface area contributed by atoms with E-state index in [0.717, 1.165) is 43.2 Å². The molecule has 138 valence electrons. The van der Waals surface area contributed by atoms with Gasteiger partial charge in [0.05, 0.1) is 6.54 Å². The highest BCUT2D eigenvalue weighted by molar-refractivity contribution is 5.77. The zero-order valence-electron chi connectivity index (χ0n) is 14.9. The smallest absolute Gasteiger partial charge is 0.234 e. The highest BCUT2D eigenvalue weighted by Crippen LogP contribution is 2.20. The maximum absolute atomic E-state index is 13.1. The Labute approximate surface area is 153 Å². The van der Waals surface area contributed by atoms with Crippen LogP contribution < -0.4 is 20.4 Å². The normalized spacial score (nSPS) is 14.4. The molecule has 2 aromatic rings. The lowest BCUT2D eigenvalue weighted by molar-refractivity contribution is -0.120. The molecule has 6 nitrogen and oxygen atoms in total. The number of anilines is 2. The van der Waals surface area contributed by atoms with Crippen molar-refractivity contribution in [2.24, 2.45) is 0 Å². The number of likely N-dealkylation sites (N-methyl/N-ethyl adjacent to an activating group) is 1. The Hall–Kier alpha value is -2.67. The van der Waals surface area contributed by atoms with Crippen molar-refractivity contribution >= 4 is 17.4 Å². The van der Waals surface area contributed by atoms with E-state index in [1.165, 1.54) is 12.1 Å². The molecule has 0 spiro atoms. The molecule has 0 radical (unpaired) electrons. The minimum atomic E-state index is -0.213. The van der Waals surface area contributed by atoms with E-state index in [0.29, 0.717) is 13.1 Å². The zero-order chi connectivity index (χ0) is 18.4. The van der Waals surface area contributed by atoms with Gasteiger partial charge in [0.1, 0.15) is 11.6 Å². The standard InChI is InChI=1S/C19H24FN5O/c1-21-14-19(26)23-13-15-6-7-22-18(12-15)25-10-8-24(9-11-25)17-4-2-16(20)3-5-17/h2-7,12,21H,8-11,13-14H2,1H3,(H,23,26). The summed E-state index contributed by atoms with van der Waals surface area (Å²) in [5, 5.41) is 5.71. The van der Waals surface area contributed by atoms with Crippen LogP contribution in [0.25, 0.3) is 0 Å². The number of carbonyl (C=O) groups excluding carboxylic acids is 1. The third kappa shape index (κ3) is 4.70.